The summed E-state index contributed by atoms with van der Waals surface area (Å²) >= 11 is 0. The highest BCUT2D eigenvalue weighted by atomic mass is 16.5. The molecule has 2 heteroatoms. The first-order valence-corrected chi connectivity index (χ1v) is 10.0. The summed E-state index contributed by atoms with van der Waals surface area (Å²) < 4.78 is 5.40. The van der Waals surface area contributed by atoms with Crippen molar-refractivity contribution in [3.05, 3.63) is 12.2 Å². The van der Waals surface area contributed by atoms with Crippen molar-refractivity contribution >= 4 is 5.97 Å². The number of carbonyl (C=O) groups is 1. The topological polar surface area (TPSA) is 26.3 Å². The molecule has 0 spiro atoms. The van der Waals surface area contributed by atoms with Crippen LogP contribution in [0.2, 0.25) is 0 Å². The van der Waals surface area contributed by atoms with Gasteiger partial charge in [0.25, 0.3) is 0 Å². The lowest BCUT2D eigenvalue weighted by molar-refractivity contribution is -0.147. The highest BCUT2D eigenvalue weighted by Gasteiger charge is 2.10. The molecular formula is C21H40O2. The predicted molar refractivity (Wildman–Crippen MR) is 101 cm³/mol. The van der Waals surface area contributed by atoms with Crippen molar-refractivity contribution < 1.29 is 9.53 Å². The second kappa shape index (κ2) is 17.6. The Labute approximate surface area is 145 Å². The first-order chi connectivity index (χ1) is 11.2. The number of ether oxygens (including phenoxy) is 1. The number of unbranched alkanes of at least 4 members (excludes halogenated alkanes) is 9. The molecule has 23 heavy (non-hydrogen) atoms. The average Bonchev–Trinajstić information content (AvgIpc) is 2.52. The van der Waals surface area contributed by atoms with Gasteiger partial charge in [0, 0.05) is 6.92 Å². The third-order valence-electron chi connectivity index (χ3n) is 4.25. The summed E-state index contributed by atoms with van der Waals surface area (Å²) in [7, 11) is 0. The van der Waals surface area contributed by atoms with Crippen LogP contribution in [0.3, 0.4) is 0 Å². The smallest absolute Gasteiger partial charge is 0.302 e. The van der Waals surface area contributed by atoms with Crippen LogP contribution in [0.15, 0.2) is 12.2 Å². The van der Waals surface area contributed by atoms with Crippen LogP contribution in [-0.4, -0.2) is 12.1 Å². The van der Waals surface area contributed by atoms with Gasteiger partial charge in [-0.05, 0) is 44.9 Å². The van der Waals surface area contributed by atoms with Gasteiger partial charge in [0.2, 0.25) is 0 Å². The number of hydrogen-bond donors (Lipinski definition) is 0. The molecule has 0 amide bonds. The Hall–Kier alpha value is -0.790. The summed E-state index contributed by atoms with van der Waals surface area (Å²) in [6.45, 7) is 5.96. The molecule has 0 heterocycles. The standard InChI is InChI=1S/C21H40O2/c1-4-6-8-9-10-11-12-13-14-15-16-17-19-21(18-7-5-2)23-20(3)22/h10-11,21H,4-9,12-19H2,1-3H3. The second-order valence-corrected chi connectivity index (χ2v) is 6.69. The van der Waals surface area contributed by atoms with Crippen molar-refractivity contribution in [2.24, 2.45) is 0 Å². The molecule has 0 aliphatic carbocycles. The van der Waals surface area contributed by atoms with E-state index in [1.165, 1.54) is 77.6 Å². The minimum Gasteiger partial charge on any atom is -0.463 e. The van der Waals surface area contributed by atoms with Crippen LogP contribution < -0.4 is 0 Å². The Kier molecular flexibility index (Phi) is 17.0. The summed E-state index contributed by atoms with van der Waals surface area (Å²) in [5.74, 6) is -0.128. The second-order valence-electron chi connectivity index (χ2n) is 6.69. The van der Waals surface area contributed by atoms with Gasteiger partial charge in [-0.15, -0.1) is 0 Å². The fourth-order valence-corrected chi connectivity index (χ4v) is 2.84. The van der Waals surface area contributed by atoms with E-state index < -0.39 is 0 Å². The Bertz CT molecular complexity index is 284. The van der Waals surface area contributed by atoms with Crippen LogP contribution >= 0.6 is 0 Å². The van der Waals surface area contributed by atoms with Gasteiger partial charge in [-0.1, -0.05) is 70.9 Å². The number of allylic oxidation sites excluding steroid dienone is 2. The molecule has 0 aromatic rings. The summed E-state index contributed by atoms with van der Waals surface area (Å²) in [6.07, 6.45) is 22.2. The molecule has 0 fully saturated rings. The van der Waals surface area contributed by atoms with E-state index in [1.54, 1.807) is 0 Å². The summed E-state index contributed by atoms with van der Waals surface area (Å²) in [5.41, 5.74) is 0. The summed E-state index contributed by atoms with van der Waals surface area (Å²) in [4.78, 5) is 11.1. The van der Waals surface area contributed by atoms with Crippen LogP contribution in [0.4, 0.5) is 0 Å². The normalized spacial score (nSPS) is 12.7. The Morgan fingerprint density at radius 1 is 0.783 bits per heavy atom. The molecule has 0 bridgehead atoms. The monoisotopic (exact) mass is 324 g/mol. The van der Waals surface area contributed by atoms with Crippen molar-refractivity contribution in [1.82, 2.24) is 0 Å². The molecule has 0 aliphatic rings. The van der Waals surface area contributed by atoms with Crippen LogP contribution in [0.25, 0.3) is 0 Å². The van der Waals surface area contributed by atoms with E-state index >= 15 is 0 Å². The van der Waals surface area contributed by atoms with Gasteiger partial charge in [-0.25, -0.2) is 0 Å². The maximum Gasteiger partial charge on any atom is 0.302 e. The lowest BCUT2D eigenvalue weighted by atomic mass is 10.0. The van der Waals surface area contributed by atoms with Crippen LogP contribution in [0, 0.1) is 0 Å². The van der Waals surface area contributed by atoms with Crippen molar-refractivity contribution in [3.8, 4) is 0 Å². The lowest BCUT2D eigenvalue weighted by Crippen LogP contribution is -2.16. The zero-order valence-corrected chi connectivity index (χ0v) is 15.9. The van der Waals surface area contributed by atoms with E-state index in [0.29, 0.717) is 0 Å². The third-order valence-corrected chi connectivity index (χ3v) is 4.25. The molecule has 0 radical (unpaired) electrons. The summed E-state index contributed by atoms with van der Waals surface area (Å²) in [6, 6.07) is 0. The molecule has 0 rings (SSSR count). The minimum atomic E-state index is -0.128. The van der Waals surface area contributed by atoms with Crippen molar-refractivity contribution in [1.29, 1.82) is 0 Å². The molecule has 0 saturated heterocycles. The Morgan fingerprint density at radius 3 is 1.91 bits per heavy atom. The van der Waals surface area contributed by atoms with Crippen LogP contribution in [0.1, 0.15) is 111 Å². The Morgan fingerprint density at radius 2 is 1.30 bits per heavy atom. The first kappa shape index (κ1) is 22.2. The van der Waals surface area contributed by atoms with Gasteiger partial charge in [-0.2, -0.15) is 0 Å². The number of esters is 1. The highest BCUT2D eigenvalue weighted by molar-refractivity contribution is 5.66. The summed E-state index contributed by atoms with van der Waals surface area (Å²) in [5, 5.41) is 0. The van der Waals surface area contributed by atoms with E-state index in [9.17, 15) is 4.79 Å². The fraction of sp³-hybridized carbons (Fsp3) is 0.857. The van der Waals surface area contributed by atoms with Crippen LogP contribution in [-0.2, 0) is 9.53 Å². The molecule has 2 nitrogen and oxygen atoms in total. The molecule has 1 atom stereocenters. The van der Waals surface area contributed by atoms with Gasteiger partial charge in [0.1, 0.15) is 6.10 Å². The Balaban J connectivity index is 3.46. The quantitative estimate of drug-likeness (QED) is 0.174. The maximum absolute atomic E-state index is 11.1. The number of rotatable bonds is 16. The highest BCUT2D eigenvalue weighted by Crippen LogP contribution is 2.15. The zero-order chi connectivity index (χ0) is 17.2. The van der Waals surface area contributed by atoms with Gasteiger partial charge in [0.15, 0.2) is 0 Å². The molecule has 0 N–H and O–H groups in total. The molecular weight excluding hydrogens is 284 g/mol. The first-order valence-electron chi connectivity index (χ1n) is 10.0. The van der Waals surface area contributed by atoms with Gasteiger partial charge < -0.3 is 4.74 Å². The van der Waals surface area contributed by atoms with Crippen LogP contribution in [0.5, 0.6) is 0 Å². The maximum atomic E-state index is 11.1. The van der Waals surface area contributed by atoms with Gasteiger partial charge in [0.05, 0.1) is 0 Å². The molecule has 0 aromatic carbocycles. The molecule has 1 unspecified atom stereocenters. The molecule has 136 valence electrons. The largest absolute Gasteiger partial charge is 0.463 e. The molecule has 0 aliphatic heterocycles. The van der Waals surface area contributed by atoms with Gasteiger partial charge >= 0.3 is 5.97 Å². The predicted octanol–water partition coefficient (Wildman–Crippen LogP) is 6.98. The number of carbonyl (C=O) groups excluding carboxylic acids is 1. The lowest BCUT2D eigenvalue weighted by Gasteiger charge is -2.16. The SMILES string of the molecule is CCCCCC=CCCCCCCCC(CCCC)OC(C)=O. The fourth-order valence-electron chi connectivity index (χ4n) is 2.84. The van der Waals surface area contributed by atoms with Crippen molar-refractivity contribution in [3.63, 3.8) is 0 Å². The molecule has 0 aromatic heterocycles. The third kappa shape index (κ3) is 17.4. The van der Waals surface area contributed by atoms with E-state index in [4.69, 9.17) is 4.74 Å². The van der Waals surface area contributed by atoms with Crippen molar-refractivity contribution in [2.45, 2.75) is 117 Å². The average molecular weight is 325 g/mol. The number of hydrogen-bond acceptors (Lipinski definition) is 2. The van der Waals surface area contributed by atoms with E-state index in [0.717, 1.165) is 19.3 Å². The minimum absolute atomic E-state index is 0.128. The van der Waals surface area contributed by atoms with Gasteiger partial charge in [-0.3, -0.25) is 4.79 Å². The van der Waals surface area contributed by atoms with E-state index in [-0.39, 0.29) is 12.1 Å². The van der Waals surface area contributed by atoms with Crippen molar-refractivity contribution in [2.75, 3.05) is 0 Å². The van der Waals surface area contributed by atoms with E-state index in [1.807, 2.05) is 0 Å². The molecule has 0 saturated carbocycles. The van der Waals surface area contributed by atoms with E-state index in [2.05, 4.69) is 26.0 Å². The zero-order valence-electron chi connectivity index (χ0n) is 15.9.